The van der Waals surface area contributed by atoms with Crippen LogP contribution in [0.25, 0.3) is 5.76 Å². The zero-order chi connectivity index (χ0) is 19.0. The fourth-order valence-corrected chi connectivity index (χ4v) is 3.67. The van der Waals surface area contributed by atoms with Gasteiger partial charge in [0.1, 0.15) is 23.3 Å². The number of hydrogen-bond acceptors (Lipinski definition) is 7. The first-order valence-corrected chi connectivity index (χ1v) is 8.88. The van der Waals surface area contributed by atoms with Gasteiger partial charge in [-0.25, -0.2) is 4.98 Å². The number of aliphatic hydroxyl groups is 1. The highest BCUT2D eigenvalue weighted by atomic mass is 32.1. The summed E-state index contributed by atoms with van der Waals surface area (Å²) in [4.78, 5) is 30.9. The number of methoxy groups -OCH3 is 1. The van der Waals surface area contributed by atoms with E-state index in [0.717, 1.165) is 0 Å². The van der Waals surface area contributed by atoms with Gasteiger partial charge in [0.2, 0.25) is 0 Å². The first-order chi connectivity index (χ1) is 13.1. The third kappa shape index (κ3) is 2.80. The number of Topliss-reactive ketones (excluding diaryl/α,β-unsaturated/α-hetero) is 1. The van der Waals surface area contributed by atoms with Crippen molar-refractivity contribution in [3.8, 4) is 5.75 Å². The summed E-state index contributed by atoms with van der Waals surface area (Å²) in [5.74, 6) is -0.994. The molecule has 1 aliphatic rings. The van der Waals surface area contributed by atoms with Gasteiger partial charge in [-0.2, -0.15) is 0 Å². The maximum absolute atomic E-state index is 12.8. The Kier molecular flexibility index (Phi) is 4.25. The van der Waals surface area contributed by atoms with E-state index in [0.29, 0.717) is 22.2 Å². The average Bonchev–Trinajstić information content (AvgIpc) is 3.43. The van der Waals surface area contributed by atoms with Gasteiger partial charge in [-0.1, -0.05) is 12.1 Å². The lowest BCUT2D eigenvalue weighted by molar-refractivity contribution is -0.132. The Morgan fingerprint density at radius 3 is 2.81 bits per heavy atom. The van der Waals surface area contributed by atoms with E-state index >= 15 is 0 Å². The minimum Gasteiger partial charge on any atom is -0.507 e. The highest BCUT2D eigenvalue weighted by Crippen LogP contribution is 2.42. The summed E-state index contributed by atoms with van der Waals surface area (Å²) in [6.45, 7) is 0. The van der Waals surface area contributed by atoms with Crippen molar-refractivity contribution in [2.24, 2.45) is 0 Å². The van der Waals surface area contributed by atoms with Gasteiger partial charge < -0.3 is 14.3 Å². The van der Waals surface area contributed by atoms with E-state index in [4.69, 9.17) is 9.15 Å². The van der Waals surface area contributed by atoms with E-state index < -0.39 is 17.7 Å². The van der Waals surface area contributed by atoms with Crippen molar-refractivity contribution >= 4 is 33.9 Å². The first kappa shape index (κ1) is 17.0. The zero-order valence-electron chi connectivity index (χ0n) is 14.2. The molecule has 8 heteroatoms. The number of aromatic nitrogens is 1. The summed E-state index contributed by atoms with van der Waals surface area (Å²) in [7, 11) is 1.50. The third-order valence-electron chi connectivity index (χ3n) is 4.23. The molecule has 1 atom stereocenters. The second-order valence-electron chi connectivity index (χ2n) is 5.73. The van der Waals surface area contributed by atoms with Crippen molar-refractivity contribution in [1.82, 2.24) is 4.98 Å². The molecule has 3 heterocycles. The smallest absolute Gasteiger partial charge is 0.302 e. The Morgan fingerprint density at radius 2 is 2.15 bits per heavy atom. The Hall–Kier alpha value is -3.39. The molecule has 7 nitrogen and oxygen atoms in total. The second kappa shape index (κ2) is 6.73. The molecule has 1 unspecified atom stereocenters. The number of amides is 1. The number of rotatable bonds is 4. The van der Waals surface area contributed by atoms with Crippen LogP contribution in [0.1, 0.15) is 17.4 Å². The van der Waals surface area contributed by atoms with Gasteiger partial charge in [-0.15, -0.1) is 11.3 Å². The molecular formula is C19H14N2O5S. The van der Waals surface area contributed by atoms with Crippen molar-refractivity contribution in [1.29, 1.82) is 0 Å². The van der Waals surface area contributed by atoms with E-state index in [-0.39, 0.29) is 11.3 Å². The van der Waals surface area contributed by atoms with Crippen LogP contribution in [0, 0.1) is 0 Å². The van der Waals surface area contributed by atoms with Crippen LogP contribution in [0.15, 0.2) is 64.2 Å². The fraction of sp³-hybridized carbons (Fsp3) is 0.105. The summed E-state index contributed by atoms with van der Waals surface area (Å²) in [6, 6.07) is 9.03. The van der Waals surface area contributed by atoms with Crippen LogP contribution in [0.2, 0.25) is 0 Å². The van der Waals surface area contributed by atoms with Gasteiger partial charge >= 0.3 is 5.91 Å². The number of carbonyl (C=O) groups is 2. The second-order valence-corrected chi connectivity index (χ2v) is 6.60. The van der Waals surface area contributed by atoms with E-state index in [1.54, 1.807) is 48.0 Å². The molecule has 1 aliphatic heterocycles. The fourth-order valence-electron chi connectivity index (χ4n) is 3.01. The monoisotopic (exact) mass is 382 g/mol. The van der Waals surface area contributed by atoms with Crippen LogP contribution < -0.4 is 9.64 Å². The molecule has 0 saturated carbocycles. The van der Waals surface area contributed by atoms with Crippen molar-refractivity contribution in [3.05, 3.63) is 71.1 Å². The standard InChI is InChI=1S/C19H14N2O5S/c1-25-12-5-2-4-11(10-12)16(22)14-15(13-6-3-8-26-13)21(18(24)17(14)23)19-20-7-9-27-19/h2-10,15,22H,1H3. The number of carbonyl (C=O) groups excluding carboxylic acids is 2. The van der Waals surface area contributed by atoms with Crippen LogP contribution >= 0.6 is 11.3 Å². The summed E-state index contributed by atoms with van der Waals surface area (Å²) in [5.41, 5.74) is 0.307. The van der Waals surface area contributed by atoms with Crippen molar-refractivity contribution in [2.45, 2.75) is 6.04 Å². The number of ketones is 1. The number of ether oxygens (including phenoxy) is 1. The summed E-state index contributed by atoms with van der Waals surface area (Å²) >= 11 is 1.22. The van der Waals surface area contributed by atoms with Gasteiger partial charge in [0.05, 0.1) is 18.9 Å². The zero-order valence-corrected chi connectivity index (χ0v) is 15.0. The molecule has 3 aromatic rings. The molecule has 1 N–H and O–H groups in total. The van der Waals surface area contributed by atoms with E-state index in [1.165, 1.54) is 29.6 Å². The molecule has 0 radical (unpaired) electrons. The molecule has 1 amide bonds. The average molecular weight is 382 g/mol. The maximum Gasteiger partial charge on any atom is 0.302 e. The van der Waals surface area contributed by atoms with Gasteiger partial charge in [0, 0.05) is 17.1 Å². The highest BCUT2D eigenvalue weighted by molar-refractivity contribution is 7.14. The minimum absolute atomic E-state index is 0.0570. The van der Waals surface area contributed by atoms with Crippen molar-refractivity contribution in [3.63, 3.8) is 0 Å². The van der Waals surface area contributed by atoms with Crippen LogP contribution in [-0.2, 0) is 9.59 Å². The Balaban J connectivity index is 1.92. The van der Waals surface area contributed by atoms with Gasteiger partial charge in [-0.05, 0) is 24.3 Å². The van der Waals surface area contributed by atoms with E-state index in [9.17, 15) is 14.7 Å². The lowest BCUT2D eigenvalue weighted by atomic mass is 9.99. The number of benzene rings is 1. The lowest BCUT2D eigenvalue weighted by Crippen LogP contribution is -2.29. The Morgan fingerprint density at radius 1 is 1.30 bits per heavy atom. The number of anilines is 1. The lowest BCUT2D eigenvalue weighted by Gasteiger charge is -2.20. The molecule has 2 aromatic heterocycles. The predicted molar refractivity (Wildman–Crippen MR) is 98.6 cm³/mol. The molecule has 27 heavy (non-hydrogen) atoms. The highest BCUT2D eigenvalue weighted by Gasteiger charge is 2.49. The van der Waals surface area contributed by atoms with E-state index in [2.05, 4.69) is 4.98 Å². The van der Waals surface area contributed by atoms with Gasteiger partial charge in [0.15, 0.2) is 5.13 Å². The number of thiazole rings is 1. The number of hydrogen-bond donors (Lipinski definition) is 1. The maximum atomic E-state index is 12.8. The number of nitrogens with zero attached hydrogens (tertiary/aromatic N) is 2. The summed E-state index contributed by atoms with van der Waals surface area (Å²) < 4.78 is 10.6. The van der Waals surface area contributed by atoms with Gasteiger partial charge in [0.25, 0.3) is 5.78 Å². The number of furan rings is 1. The molecule has 1 aromatic carbocycles. The molecule has 4 rings (SSSR count). The van der Waals surface area contributed by atoms with Crippen LogP contribution in [0.4, 0.5) is 5.13 Å². The first-order valence-electron chi connectivity index (χ1n) is 8.00. The van der Waals surface area contributed by atoms with Crippen LogP contribution in [0.5, 0.6) is 5.75 Å². The topological polar surface area (TPSA) is 92.9 Å². The number of aliphatic hydroxyl groups excluding tert-OH is 1. The predicted octanol–water partition coefficient (Wildman–Crippen LogP) is 3.37. The molecule has 0 spiro atoms. The molecule has 0 bridgehead atoms. The summed E-state index contributed by atoms with van der Waals surface area (Å²) in [6.07, 6.45) is 2.99. The molecule has 1 fully saturated rings. The Labute approximate surface area is 158 Å². The molecule has 136 valence electrons. The van der Waals surface area contributed by atoms with Crippen LogP contribution in [0.3, 0.4) is 0 Å². The normalized spacial score (nSPS) is 18.9. The SMILES string of the molecule is COc1cccc(C(O)=C2C(=O)C(=O)N(c3nccs3)C2c2ccco2)c1. The largest absolute Gasteiger partial charge is 0.507 e. The summed E-state index contributed by atoms with van der Waals surface area (Å²) in [5, 5.41) is 12.9. The van der Waals surface area contributed by atoms with Gasteiger partial charge in [-0.3, -0.25) is 14.5 Å². The third-order valence-corrected chi connectivity index (χ3v) is 5.00. The quantitative estimate of drug-likeness (QED) is 0.422. The van der Waals surface area contributed by atoms with Crippen molar-refractivity contribution in [2.75, 3.05) is 12.0 Å². The molecule has 1 saturated heterocycles. The Bertz CT molecular complexity index is 1020. The molecular weight excluding hydrogens is 368 g/mol. The molecule has 0 aliphatic carbocycles. The van der Waals surface area contributed by atoms with Crippen molar-refractivity contribution < 1.29 is 23.8 Å². The van der Waals surface area contributed by atoms with E-state index in [1.807, 2.05) is 0 Å². The van der Waals surface area contributed by atoms with Crippen LogP contribution in [-0.4, -0.2) is 28.9 Å². The minimum atomic E-state index is -0.905.